The first kappa shape index (κ1) is 12.6. The van der Waals surface area contributed by atoms with E-state index in [9.17, 15) is 4.39 Å². The molecule has 1 aromatic carbocycles. The molecule has 0 bridgehead atoms. The third-order valence-corrected chi connectivity index (χ3v) is 4.83. The molecule has 1 atom stereocenters. The number of hydrogen-bond acceptors (Lipinski definition) is 2. The quantitative estimate of drug-likeness (QED) is 0.871. The van der Waals surface area contributed by atoms with Crippen LogP contribution in [-0.2, 0) is 6.54 Å². The van der Waals surface area contributed by atoms with Gasteiger partial charge in [-0.2, -0.15) is 0 Å². The number of halogens is 2. The third-order valence-electron chi connectivity index (χ3n) is 3.43. The number of hydrogen-bond donors (Lipinski definition) is 1. The number of nitrogens with zero attached hydrogens (tertiary/aromatic N) is 1. The molecule has 0 aliphatic carbocycles. The third kappa shape index (κ3) is 2.15. The highest BCUT2D eigenvalue weighted by Crippen LogP contribution is 2.35. The molecule has 2 heterocycles. The Hall–Kier alpha value is -1.39. The van der Waals surface area contributed by atoms with Gasteiger partial charge in [0.25, 0.3) is 0 Å². The van der Waals surface area contributed by atoms with Crippen LogP contribution in [0.4, 0.5) is 4.39 Å². The molecule has 1 aliphatic heterocycles. The molecule has 0 radical (unpaired) electrons. The fourth-order valence-electron chi connectivity index (χ4n) is 2.36. The number of fused-ring (bicyclic) bond motifs is 1. The lowest BCUT2D eigenvalue weighted by Crippen LogP contribution is -2.26. The van der Waals surface area contributed by atoms with Gasteiger partial charge in [0, 0.05) is 17.0 Å². The molecule has 1 N–H and O–H groups in total. The molecule has 0 amide bonds. The Morgan fingerprint density at radius 3 is 2.84 bits per heavy atom. The summed E-state index contributed by atoms with van der Waals surface area (Å²) in [6.45, 7) is 2.68. The maximum absolute atomic E-state index is 13.3. The number of rotatable bonds is 2. The molecule has 1 aliphatic rings. The zero-order valence-corrected chi connectivity index (χ0v) is 11.9. The minimum absolute atomic E-state index is 0.0699. The van der Waals surface area contributed by atoms with Crippen molar-refractivity contribution >= 4 is 28.8 Å². The van der Waals surface area contributed by atoms with E-state index in [2.05, 4.69) is 0 Å². The van der Waals surface area contributed by atoms with Gasteiger partial charge in [0.1, 0.15) is 11.7 Å². The van der Waals surface area contributed by atoms with E-state index in [4.69, 9.17) is 17.0 Å². The smallest absolute Gasteiger partial charge is 0.129 e. The van der Waals surface area contributed by atoms with E-state index in [1.165, 1.54) is 23.5 Å². The summed E-state index contributed by atoms with van der Waals surface area (Å²) in [5.74, 6) is 0.0868. The highest BCUT2D eigenvalue weighted by atomic mass is 35.5. The van der Waals surface area contributed by atoms with Crippen LogP contribution in [0.1, 0.15) is 29.0 Å². The van der Waals surface area contributed by atoms with Gasteiger partial charge >= 0.3 is 0 Å². The summed E-state index contributed by atoms with van der Waals surface area (Å²) in [7, 11) is 0. The molecule has 0 saturated carbocycles. The second-order valence-corrected chi connectivity index (χ2v) is 6.34. The lowest BCUT2D eigenvalue weighted by molar-refractivity contribution is 0.346. The Morgan fingerprint density at radius 1 is 1.37 bits per heavy atom. The molecule has 0 saturated heterocycles. The van der Waals surface area contributed by atoms with Crippen LogP contribution in [0.3, 0.4) is 0 Å². The first-order valence-corrected chi connectivity index (χ1v) is 7.15. The Bertz CT molecular complexity index is 653. The van der Waals surface area contributed by atoms with Gasteiger partial charge in [0.2, 0.25) is 0 Å². The van der Waals surface area contributed by atoms with Crippen molar-refractivity contribution in [2.75, 3.05) is 0 Å². The normalized spacial score (nSPS) is 15.7. The van der Waals surface area contributed by atoms with Crippen molar-refractivity contribution in [1.82, 2.24) is 4.90 Å². The number of nitrogens with one attached hydrogen (secondary N) is 1. The summed E-state index contributed by atoms with van der Waals surface area (Å²) in [4.78, 5) is 3.08. The van der Waals surface area contributed by atoms with E-state index in [0.717, 1.165) is 14.8 Å². The van der Waals surface area contributed by atoms with Crippen LogP contribution in [0.15, 0.2) is 30.3 Å². The topological polar surface area (TPSA) is 27.1 Å². The van der Waals surface area contributed by atoms with Crippen molar-refractivity contribution in [3.63, 3.8) is 0 Å². The minimum Gasteiger partial charge on any atom is -0.345 e. The van der Waals surface area contributed by atoms with Crippen molar-refractivity contribution in [3.05, 3.63) is 56.5 Å². The minimum atomic E-state index is -0.294. The lowest BCUT2D eigenvalue weighted by atomic mass is 10.1. The first-order chi connectivity index (χ1) is 9.06. The van der Waals surface area contributed by atoms with Gasteiger partial charge in [-0.25, -0.2) is 4.39 Å². The van der Waals surface area contributed by atoms with Crippen molar-refractivity contribution < 1.29 is 4.39 Å². The van der Waals surface area contributed by atoms with Crippen LogP contribution < -0.4 is 0 Å². The van der Waals surface area contributed by atoms with E-state index in [1.807, 2.05) is 24.0 Å². The number of amidine groups is 1. The maximum Gasteiger partial charge on any atom is 0.129 e. The van der Waals surface area contributed by atoms with Gasteiger partial charge in [-0.15, -0.1) is 11.3 Å². The molecule has 1 aromatic heterocycles. The predicted molar refractivity (Wildman–Crippen MR) is 76.5 cm³/mol. The van der Waals surface area contributed by atoms with Gasteiger partial charge in [-0.1, -0.05) is 17.7 Å². The highest BCUT2D eigenvalue weighted by Gasteiger charge is 2.29. The standard InChI is InChI=1S/C14H12ClFN2S/c1-8(12-4-5-13(15)19-12)18-7-9-2-3-10(16)6-11(9)14(18)17/h2-6,8,17H,7H2,1H3. The Morgan fingerprint density at radius 2 is 2.16 bits per heavy atom. The molecule has 2 nitrogen and oxygen atoms in total. The van der Waals surface area contributed by atoms with Crippen molar-refractivity contribution in [1.29, 1.82) is 5.41 Å². The molecular formula is C14H12ClFN2S. The van der Waals surface area contributed by atoms with Crippen LogP contribution in [-0.4, -0.2) is 10.7 Å². The zero-order valence-electron chi connectivity index (χ0n) is 10.3. The lowest BCUT2D eigenvalue weighted by Gasteiger charge is -2.25. The van der Waals surface area contributed by atoms with Crippen molar-refractivity contribution in [2.45, 2.75) is 19.5 Å². The Kier molecular flexibility index (Phi) is 3.07. The predicted octanol–water partition coefficient (Wildman–Crippen LogP) is 4.44. The van der Waals surface area contributed by atoms with Crippen LogP contribution in [0.25, 0.3) is 0 Å². The van der Waals surface area contributed by atoms with E-state index in [1.54, 1.807) is 6.07 Å². The Labute approximate surface area is 119 Å². The van der Waals surface area contributed by atoms with Crippen LogP contribution >= 0.6 is 22.9 Å². The zero-order chi connectivity index (χ0) is 13.6. The second-order valence-electron chi connectivity index (χ2n) is 4.60. The largest absolute Gasteiger partial charge is 0.345 e. The van der Waals surface area contributed by atoms with E-state index in [0.29, 0.717) is 17.9 Å². The SMILES string of the molecule is CC(c1ccc(Cl)s1)N1Cc2ccc(F)cc2C1=N. The molecule has 19 heavy (non-hydrogen) atoms. The Balaban J connectivity index is 1.91. The van der Waals surface area contributed by atoms with Gasteiger partial charge in [0.05, 0.1) is 10.4 Å². The summed E-state index contributed by atoms with van der Waals surface area (Å²) in [5, 5.41) is 8.20. The van der Waals surface area contributed by atoms with Crippen molar-refractivity contribution in [2.24, 2.45) is 0 Å². The highest BCUT2D eigenvalue weighted by molar-refractivity contribution is 7.16. The van der Waals surface area contributed by atoms with Crippen LogP contribution in [0.2, 0.25) is 4.34 Å². The van der Waals surface area contributed by atoms with Gasteiger partial charge < -0.3 is 4.90 Å². The molecule has 5 heteroatoms. The fourth-order valence-corrected chi connectivity index (χ4v) is 3.49. The monoisotopic (exact) mass is 294 g/mol. The summed E-state index contributed by atoms with van der Waals surface area (Å²) in [6.07, 6.45) is 0. The van der Waals surface area contributed by atoms with E-state index < -0.39 is 0 Å². The second kappa shape index (κ2) is 4.62. The van der Waals surface area contributed by atoms with Gasteiger partial charge in [-0.3, -0.25) is 5.41 Å². The summed E-state index contributed by atoms with van der Waals surface area (Å²) in [6, 6.07) is 8.56. The van der Waals surface area contributed by atoms with E-state index in [-0.39, 0.29) is 11.9 Å². The van der Waals surface area contributed by atoms with Gasteiger partial charge in [0.15, 0.2) is 0 Å². The average Bonchev–Trinajstić information content (AvgIpc) is 2.94. The molecule has 98 valence electrons. The average molecular weight is 295 g/mol. The molecular weight excluding hydrogens is 283 g/mol. The first-order valence-electron chi connectivity index (χ1n) is 5.95. The molecule has 1 unspecified atom stereocenters. The van der Waals surface area contributed by atoms with E-state index >= 15 is 0 Å². The molecule has 2 aromatic rings. The van der Waals surface area contributed by atoms with Crippen molar-refractivity contribution in [3.8, 4) is 0 Å². The number of benzene rings is 1. The molecule has 0 fully saturated rings. The summed E-state index contributed by atoms with van der Waals surface area (Å²) < 4.78 is 14.0. The summed E-state index contributed by atoms with van der Waals surface area (Å²) >= 11 is 7.47. The van der Waals surface area contributed by atoms with Crippen LogP contribution in [0.5, 0.6) is 0 Å². The molecule has 3 rings (SSSR count). The molecule has 0 spiro atoms. The fraction of sp³-hybridized carbons (Fsp3) is 0.214. The van der Waals surface area contributed by atoms with Gasteiger partial charge in [-0.05, 0) is 36.8 Å². The summed E-state index contributed by atoms with van der Waals surface area (Å²) in [5.41, 5.74) is 1.69. The maximum atomic E-state index is 13.3. The number of thiophene rings is 1. The van der Waals surface area contributed by atoms with Crippen LogP contribution in [0, 0.1) is 11.2 Å².